The highest BCUT2D eigenvalue weighted by Crippen LogP contribution is 2.19. The third-order valence-corrected chi connectivity index (χ3v) is 4.06. The molecule has 134 valence electrons. The monoisotopic (exact) mass is 340 g/mol. The molecule has 1 heterocycles. The first-order valence-corrected chi connectivity index (χ1v) is 9.02. The van der Waals surface area contributed by atoms with Crippen LogP contribution in [0.1, 0.15) is 44.6 Å². The van der Waals surface area contributed by atoms with Gasteiger partial charge in [-0.05, 0) is 26.2 Å². The van der Waals surface area contributed by atoms with E-state index in [0.29, 0.717) is 36.3 Å². The average molecular weight is 340 g/mol. The van der Waals surface area contributed by atoms with Crippen molar-refractivity contribution in [2.24, 2.45) is 5.92 Å². The zero-order valence-electron chi connectivity index (χ0n) is 15.6. The molecular weight excluding hydrogens is 312 g/mol. The summed E-state index contributed by atoms with van der Waals surface area (Å²) in [5.74, 6) is 1.83. The van der Waals surface area contributed by atoms with Gasteiger partial charge in [0.25, 0.3) is 5.91 Å². The summed E-state index contributed by atoms with van der Waals surface area (Å²) in [4.78, 5) is 23.6. The van der Waals surface area contributed by atoms with Gasteiger partial charge in [-0.2, -0.15) is 0 Å². The maximum atomic E-state index is 12.7. The Morgan fingerprint density at radius 3 is 2.40 bits per heavy atom. The zero-order valence-corrected chi connectivity index (χ0v) is 15.6. The summed E-state index contributed by atoms with van der Waals surface area (Å²) >= 11 is 0. The van der Waals surface area contributed by atoms with Crippen LogP contribution < -0.4 is 5.32 Å². The van der Waals surface area contributed by atoms with E-state index in [2.05, 4.69) is 29.1 Å². The minimum atomic E-state index is -0.0588. The van der Waals surface area contributed by atoms with E-state index in [9.17, 15) is 4.79 Å². The van der Waals surface area contributed by atoms with Gasteiger partial charge < -0.3 is 10.2 Å². The Kier molecular flexibility index (Phi) is 6.92. The first kappa shape index (κ1) is 18.9. The molecular formula is C20H28N4O. The van der Waals surface area contributed by atoms with Crippen molar-refractivity contribution in [3.63, 3.8) is 0 Å². The molecule has 1 aromatic carbocycles. The molecule has 5 heteroatoms. The Morgan fingerprint density at radius 2 is 1.80 bits per heavy atom. The van der Waals surface area contributed by atoms with Crippen molar-refractivity contribution in [1.82, 2.24) is 14.9 Å². The Balaban J connectivity index is 2.35. The second kappa shape index (κ2) is 9.16. The van der Waals surface area contributed by atoms with Crippen LogP contribution >= 0.6 is 0 Å². The smallest absolute Gasteiger partial charge is 0.272 e. The lowest BCUT2D eigenvalue weighted by Gasteiger charge is -2.19. The first-order valence-electron chi connectivity index (χ1n) is 9.02. The van der Waals surface area contributed by atoms with Crippen LogP contribution in [0.4, 0.5) is 5.82 Å². The largest absolute Gasteiger partial charge is 0.370 e. The van der Waals surface area contributed by atoms with Crippen LogP contribution in [0.3, 0.4) is 0 Å². The number of anilines is 1. The normalized spacial score (nSPS) is 10.8. The van der Waals surface area contributed by atoms with Crippen molar-refractivity contribution in [2.45, 2.75) is 34.1 Å². The summed E-state index contributed by atoms with van der Waals surface area (Å²) in [5.41, 5.74) is 1.34. The molecule has 0 radical (unpaired) electrons. The molecule has 0 aliphatic carbocycles. The summed E-state index contributed by atoms with van der Waals surface area (Å²) in [7, 11) is 0. The van der Waals surface area contributed by atoms with Crippen molar-refractivity contribution in [3.05, 3.63) is 42.1 Å². The van der Waals surface area contributed by atoms with Crippen molar-refractivity contribution < 1.29 is 4.79 Å². The quantitative estimate of drug-likeness (QED) is 0.786. The highest BCUT2D eigenvalue weighted by Gasteiger charge is 2.17. The minimum Gasteiger partial charge on any atom is -0.370 e. The Labute approximate surface area is 150 Å². The standard InChI is InChI=1S/C20H28N4O/c1-5-24(6-2)20(25)17-14-18(21-13-12-15(3)4)23-19(22-17)16-10-8-7-9-11-16/h7-11,14-15H,5-6,12-13H2,1-4H3,(H,21,22,23). The predicted octanol–water partition coefficient (Wildman–Crippen LogP) is 4.08. The fraction of sp³-hybridized carbons (Fsp3) is 0.450. The fourth-order valence-electron chi connectivity index (χ4n) is 2.53. The molecule has 2 aromatic rings. The molecule has 2 rings (SSSR count). The molecule has 0 aliphatic heterocycles. The molecule has 0 bridgehead atoms. The number of carbonyl (C=O) groups is 1. The van der Waals surface area contributed by atoms with E-state index in [1.807, 2.05) is 44.2 Å². The van der Waals surface area contributed by atoms with Gasteiger partial charge in [0.1, 0.15) is 11.5 Å². The van der Waals surface area contributed by atoms with Gasteiger partial charge in [0, 0.05) is 31.3 Å². The molecule has 5 nitrogen and oxygen atoms in total. The highest BCUT2D eigenvalue weighted by atomic mass is 16.2. The molecule has 1 aromatic heterocycles. The predicted molar refractivity (Wildman–Crippen MR) is 103 cm³/mol. The maximum Gasteiger partial charge on any atom is 0.272 e. The molecule has 0 saturated heterocycles. The van der Waals surface area contributed by atoms with E-state index < -0.39 is 0 Å². The summed E-state index contributed by atoms with van der Waals surface area (Å²) < 4.78 is 0. The van der Waals surface area contributed by atoms with E-state index in [1.54, 1.807) is 11.0 Å². The number of benzene rings is 1. The lowest BCUT2D eigenvalue weighted by molar-refractivity contribution is 0.0767. The number of nitrogens with zero attached hydrogens (tertiary/aromatic N) is 3. The summed E-state index contributed by atoms with van der Waals surface area (Å²) in [6, 6.07) is 11.5. The van der Waals surface area contributed by atoms with Crippen molar-refractivity contribution in [1.29, 1.82) is 0 Å². The van der Waals surface area contributed by atoms with E-state index in [1.165, 1.54) is 0 Å². The van der Waals surface area contributed by atoms with Gasteiger partial charge in [0.05, 0.1) is 0 Å². The number of amides is 1. The third-order valence-electron chi connectivity index (χ3n) is 4.06. The van der Waals surface area contributed by atoms with Crippen molar-refractivity contribution >= 4 is 11.7 Å². The summed E-state index contributed by atoms with van der Waals surface area (Å²) in [5, 5.41) is 3.33. The number of rotatable bonds is 8. The van der Waals surface area contributed by atoms with Gasteiger partial charge in [-0.1, -0.05) is 44.2 Å². The number of nitrogens with one attached hydrogen (secondary N) is 1. The molecule has 0 aliphatic rings. The van der Waals surface area contributed by atoms with Crippen LogP contribution in [0.2, 0.25) is 0 Å². The van der Waals surface area contributed by atoms with E-state index >= 15 is 0 Å². The molecule has 0 spiro atoms. The lowest BCUT2D eigenvalue weighted by atomic mass is 10.1. The number of carbonyl (C=O) groups excluding carboxylic acids is 1. The van der Waals surface area contributed by atoms with Crippen LogP contribution in [-0.2, 0) is 0 Å². The zero-order chi connectivity index (χ0) is 18.2. The first-order chi connectivity index (χ1) is 12.0. The summed E-state index contributed by atoms with van der Waals surface area (Å²) in [6.07, 6.45) is 1.05. The number of aromatic nitrogens is 2. The fourth-order valence-corrected chi connectivity index (χ4v) is 2.53. The molecule has 0 fully saturated rings. The van der Waals surface area contributed by atoms with Gasteiger partial charge in [-0.3, -0.25) is 4.79 Å². The van der Waals surface area contributed by atoms with Gasteiger partial charge in [0.2, 0.25) is 0 Å². The molecule has 0 atom stereocenters. The van der Waals surface area contributed by atoms with Gasteiger partial charge in [-0.15, -0.1) is 0 Å². The van der Waals surface area contributed by atoms with Gasteiger partial charge in [0.15, 0.2) is 5.82 Å². The van der Waals surface area contributed by atoms with Crippen LogP contribution in [-0.4, -0.2) is 40.4 Å². The van der Waals surface area contributed by atoms with Gasteiger partial charge in [-0.25, -0.2) is 9.97 Å². The second-order valence-corrected chi connectivity index (χ2v) is 6.41. The summed E-state index contributed by atoms with van der Waals surface area (Å²) in [6.45, 7) is 10.5. The number of hydrogen-bond donors (Lipinski definition) is 1. The van der Waals surface area contributed by atoms with E-state index in [-0.39, 0.29) is 5.91 Å². The topological polar surface area (TPSA) is 58.1 Å². The van der Waals surface area contributed by atoms with Crippen LogP contribution in [0.5, 0.6) is 0 Å². The highest BCUT2D eigenvalue weighted by molar-refractivity contribution is 5.93. The molecule has 1 N–H and O–H groups in total. The Hall–Kier alpha value is -2.43. The lowest BCUT2D eigenvalue weighted by Crippen LogP contribution is -2.31. The number of hydrogen-bond acceptors (Lipinski definition) is 4. The van der Waals surface area contributed by atoms with Crippen molar-refractivity contribution in [3.8, 4) is 11.4 Å². The molecule has 0 unspecified atom stereocenters. The van der Waals surface area contributed by atoms with Crippen LogP contribution in [0, 0.1) is 5.92 Å². The van der Waals surface area contributed by atoms with Gasteiger partial charge >= 0.3 is 0 Å². The maximum absolute atomic E-state index is 12.7. The average Bonchev–Trinajstić information content (AvgIpc) is 2.63. The van der Waals surface area contributed by atoms with Crippen LogP contribution in [0.25, 0.3) is 11.4 Å². The Morgan fingerprint density at radius 1 is 1.12 bits per heavy atom. The van der Waals surface area contributed by atoms with Crippen molar-refractivity contribution in [2.75, 3.05) is 25.0 Å². The van der Waals surface area contributed by atoms with E-state index in [0.717, 1.165) is 18.5 Å². The minimum absolute atomic E-state index is 0.0588. The molecule has 0 saturated carbocycles. The van der Waals surface area contributed by atoms with E-state index in [4.69, 9.17) is 0 Å². The van der Waals surface area contributed by atoms with Crippen LogP contribution in [0.15, 0.2) is 36.4 Å². The SMILES string of the molecule is CCN(CC)C(=O)c1cc(NCCC(C)C)nc(-c2ccccc2)n1. The second-order valence-electron chi connectivity index (χ2n) is 6.41. The molecule has 1 amide bonds. The third kappa shape index (κ3) is 5.28. The Bertz CT molecular complexity index is 681. The molecule has 25 heavy (non-hydrogen) atoms.